The zero-order valence-electron chi connectivity index (χ0n) is 12.0. The molecule has 1 aromatic carbocycles. The van der Waals surface area contributed by atoms with E-state index in [9.17, 15) is 4.79 Å². The van der Waals surface area contributed by atoms with Gasteiger partial charge in [-0.2, -0.15) is 0 Å². The average Bonchev–Trinajstić information content (AvgIpc) is 2.36. The van der Waals surface area contributed by atoms with E-state index in [0.29, 0.717) is 16.6 Å². The normalized spacial score (nSPS) is 24.2. The Kier molecular flexibility index (Phi) is 3.54. The molecule has 1 aliphatic carbocycles. The predicted molar refractivity (Wildman–Crippen MR) is 88.1 cm³/mol. The lowest BCUT2D eigenvalue weighted by Gasteiger charge is -2.39. The van der Waals surface area contributed by atoms with Gasteiger partial charge < -0.3 is 10.6 Å². The van der Waals surface area contributed by atoms with Gasteiger partial charge in [-0.1, -0.05) is 37.6 Å². The first-order valence-corrected chi connectivity index (χ1v) is 7.74. The summed E-state index contributed by atoms with van der Waals surface area (Å²) in [5.74, 6) is 0.184. The average molecular weight is 321 g/mol. The molecule has 1 heterocycles. The zero-order chi connectivity index (χ0) is 15.2. The minimum atomic E-state index is -0.186. The van der Waals surface area contributed by atoms with Crippen LogP contribution in [0.4, 0.5) is 0 Å². The molecule has 1 atom stereocenters. The van der Waals surface area contributed by atoms with Crippen molar-refractivity contribution in [1.82, 2.24) is 10.6 Å². The van der Waals surface area contributed by atoms with Gasteiger partial charge in [0.05, 0.1) is 6.04 Å². The van der Waals surface area contributed by atoms with Crippen LogP contribution in [0.15, 0.2) is 35.5 Å². The molecule has 2 aliphatic rings. The summed E-state index contributed by atoms with van der Waals surface area (Å²) in [6, 6.07) is 7.36. The lowest BCUT2D eigenvalue weighted by atomic mass is 9.73. The maximum absolute atomic E-state index is 12.6. The predicted octanol–water partition coefficient (Wildman–Crippen LogP) is 3.50. The van der Waals surface area contributed by atoms with Crippen LogP contribution in [0.5, 0.6) is 0 Å². The Bertz CT molecular complexity index is 649. The number of halogens is 1. The van der Waals surface area contributed by atoms with Gasteiger partial charge in [-0.25, -0.2) is 0 Å². The van der Waals surface area contributed by atoms with E-state index in [4.69, 9.17) is 23.8 Å². The molecule has 1 unspecified atom stereocenters. The number of hydrogen-bond donors (Lipinski definition) is 2. The number of carbonyl (C=O) groups excluding carboxylic acids is 1. The lowest BCUT2D eigenvalue weighted by Crippen LogP contribution is -2.48. The molecule has 110 valence electrons. The quantitative estimate of drug-likeness (QED) is 0.777. The Morgan fingerprint density at radius 3 is 2.57 bits per heavy atom. The van der Waals surface area contributed by atoms with Gasteiger partial charge in [-0.3, -0.25) is 4.79 Å². The molecule has 2 N–H and O–H groups in total. The third-order valence-corrected chi connectivity index (χ3v) is 4.42. The van der Waals surface area contributed by atoms with Crippen LogP contribution in [0.2, 0.25) is 5.02 Å². The van der Waals surface area contributed by atoms with E-state index in [2.05, 4.69) is 24.5 Å². The maximum Gasteiger partial charge on any atom is 0.171 e. The highest BCUT2D eigenvalue weighted by Crippen LogP contribution is 2.41. The van der Waals surface area contributed by atoms with Gasteiger partial charge in [0.1, 0.15) is 0 Å². The van der Waals surface area contributed by atoms with E-state index in [1.54, 1.807) is 0 Å². The Balaban J connectivity index is 2.06. The first-order valence-electron chi connectivity index (χ1n) is 6.95. The molecule has 0 saturated carbocycles. The molecule has 0 bridgehead atoms. The molecule has 0 aromatic heterocycles. The van der Waals surface area contributed by atoms with Gasteiger partial charge in [0, 0.05) is 22.7 Å². The molecule has 3 rings (SSSR count). The standard InChI is InChI=1S/C16H17ClN2OS/c1-16(2)7-11-13(12(20)8-16)14(19-15(21)18-11)9-3-5-10(17)6-4-9/h3-6,14H,7-8H2,1-2H3,(H2,18,19,21). The number of rotatable bonds is 1. The number of carbonyl (C=O) groups is 1. The molecule has 0 saturated heterocycles. The van der Waals surface area contributed by atoms with Gasteiger partial charge in [0.15, 0.2) is 10.9 Å². The lowest BCUT2D eigenvalue weighted by molar-refractivity contribution is -0.118. The summed E-state index contributed by atoms with van der Waals surface area (Å²) in [5, 5.41) is 7.63. The van der Waals surface area contributed by atoms with Crippen molar-refractivity contribution in [3.05, 3.63) is 46.1 Å². The summed E-state index contributed by atoms with van der Waals surface area (Å²) in [6.07, 6.45) is 1.39. The smallest absolute Gasteiger partial charge is 0.171 e. The Labute approximate surface area is 134 Å². The Hall–Kier alpha value is -1.39. The van der Waals surface area contributed by atoms with Crippen LogP contribution in [-0.4, -0.2) is 10.9 Å². The highest BCUT2D eigenvalue weighted by atomic mass is 35.5. The van der Waals surface area contributed by atoms with Crippen LogP contribution in [0.1, 0.15) is 38.3 Å². The molecule has 5 heteroatoms. The van der Waals surface area contributed by atoms with Gasteiger partial charge in [0.25, 0.3) is 0 Å². The van der Waals surface area contributed by atoms with Crippen molar-refractivity contribution in [2.24, 2.45) is 5.41 Å². The molecule has 0 fully saturated rings. The fourth-order valence-electron chi connectivity index (χ4n) is 3.06. The molecule has 1 aliphatic heterocycles. The maximum atomic E-state index is 12.6. The topological polar surface area (TPSA) is 41.1 Å². The first-order chi connectivity index (χ1) is 9.85. The Morgan fingerprint density at radius 1 is 1.24 bits per heavy atom. The summed E-state index contributed by atoms with van der Waals surface area (Å²) in [6.45, 7) is 4.22. The van der Waals surface area contributed by atoms with Crippen molar-refractivity contribution in [3.63, 3.8) is 0 Å². The number of Topliss-reactive ketones (excluding diaryl/α,β-unsaturated/α-hetero) is 1. The summed E-state index contributed by atoms with van der Waals surface area (Å²) in [4.78, 5) is 12.6. The molecule has 0 spiro atoms. The van der Waals surface area contributed by atoms with Crippen LogP contribution < -0.4 is 10.6 Å². The number of nitrogens with one attached hydrogen (secondary N) is 2. The molecule has 0 amide bonds. The van der Waals surface area contributed by atoms with Crippen LogP contribution in [-0.2, 0) is 4.79 Å². The van der Waals surface area contributed by atoms with E-state index in [1.807, 2.05) is 24.3 Å². The second-order valence-corrected chi connectivity index (χ2v) is 7.26. The van der Waals surface area contributed by atoms with E-state index >= 15 is 0 Å². The van der Waals surface area contributed by atoms with Gasteiger partial charge >= 0.3 is 0 Å². The summed E-state index contributed by atoms with van der Waals surface area (Å²) in [5.41, 5.74) is 2.74. The molecule has 1 aromatic rings. The highest BCUT2D eigenvalue weighted by molar-refractivity contribution is 7.80. The number of ketones is 1. The van der Waals surface area contributed by atoms with E-state index in [-0.39, 0.29) is 17.2 Å². The third kappa shape index (κ3) is 2.83. The van der Waals surface area contributed by atoms with Crippen molar-refractivity contribution in [1.29, 1.82) is 0 Å². The van der Waals surface area contributed by atoms with E-state index < -0.39 is 0 Å². The fourth-order valence-corrected chi connectivity index (χ4v) is 3.43. The van der Waals surface area contributed by atoms with Crippen molar-refractivity contribution in [2.45, 2.75) is 32.7 Å². The van der Waals surface area contributed by atoms with Crippen molar-refractivity contribution in [2.75, 3.05) is 0 Å². The molecular formula is C16H17ClN2OS. The minimum absolute atomic E-state index is 0.0274. The van der Waals surface area contributed by atoms with Crippen molar-refractivity contribution >= 4 is 34.7 Å². The van der Waals surface area contributed by atoms with Gasteiger partial charge in [-0.15, -0.1) is 0 Å². The molecule has 3 nitrogen and oxygen atoms in total. The largest absolute Gasteiger partial charge is 0.351 e. The first kappa shape index (κ1) is 14.5. The van der Waals surface area contributed by atoms with Crippen molar-refractivity contribution < 1.29 is 4.79 Å². The second kappa shape index (κ2) is 5.11. The second-order valence-electron chi connectivity index (χ2n) is 6.42. The third-order valence-electron chi connectivity index (χ3n) is 3.95. The van der Waals surface area contributed by atoms with Gasteiger partial charge in [-0.05, 0) is 41.7 Å². The van der Waals surface area contributed by atoms with Gasteiger partial charge in [0.2, 0.25) is 0 Å². The molecule has 21 heavy (non-hydrogen) atoms. The number of benzene rings is 1. The van der Waals surface area contributed by atoms with Crippen LogP contribution >= 0.6 is 23.8 Å². The highest BCUT2D eigenvalue weighted by Gasteiger charge is 2.39. The molecule has 0 radical (unpaired) electrons. The van der Waals surface area contributed by atoms with E-state index in [0.717, 1.165) is 23.3 Å². The van der Waals surface area contributed by atoms with Crippen molar-refractivity contribution in [3.8, 4) is 0 Å². The fraction of sp³-hybridized carbons (Fsp3) is 0.375. The monoisotopic (exact) mass is 320 g/mol. The SMILES string of the molecule is CC1(C)CC(=O)C2=C(C1)NC(=S)NC2c1ccc(Cl)cc1. The number of thiocarbonyl (C=S) groups is 1. The number of allylic oxidation sites excluding steroid dienone is 1. The minimum Gasteiger partial charge on any atom is -0.351 e. The number of hydrogen-bond acceptors (Lipinski definition) is 2. The van der Waals surface area contributed by atoms with Crippen LogP contribution in [0.3, 0.4) is 0 Å². The zero-order valence-corrected chi connectivity index (χ0v) is 13.6. The molecular weight excluding hydrogens is 304 g/mol. The van der Waals surface area contributed by atoms with Crippen LogP contribution in [0.25, 0.3) is 0 Å². The van der Waals surface area contributed by atoms with E-state index in [1.165, 1.54) is 0 Å². The Morgan fingerprint density at radius 2 is 1.90 bits per heavy atom. The summed E-state index contributed by atoms with van der Waals surface area (Å²) in [7, 11) is 0. The van der Waals surface area contributed by atoms with Crippen LogP contribution in [0, 0.1) is 5.41 Å². The summed E-state index contributed by atoms with van der Waals surface area (Å²) < 4.78 is 0. The summed E-state index contributed by atoms with van der Waals surface area (Å²) >= 11 is 11.2.